The summed E-state index contributed by atoms with van der Waals surface area (Å²) in [5.41, 5.74) is 8.29. The number of hydrogen-bond donors (Lipinski definition) is 1. The van der Waals surface area contributed by atoms with Gasteiger partial charge in [0.2, 0.25) is 0 Å². The zero-order valence-electron chi connectivity index (χ0n) is 12.5. The largest absolute Gasteiger partial charge is 0.496 e. The number of nitrogens with zero attached hydrogens (tertiary/aromatic N) is 1. The molecule has 0 spiro atoms. The third-order valence-electron chi connectivity index (χ3n) is 3.15. The average molecular weight is 266 g/mol. The van der Waals surface area contributed by atoms with Gasteiger partial charge in [-0.3, -0.25) is 0 Å². The van der Waals surface area contributed by atoms with E-state index in [1.807, 2.05) is 26.0 Å². The molecule has 0 amide bonds. The van der Waals surface area contributed by atoms with E-state index >= 15 is 0 Å². The molecule has 0 aromatic heterocycles. The summed E-state index contributed by atoms with van der Waals surface area (Å²) in [6.45, 7) is 9.37. The summed E-state index contributed by atoms with van der Waals surface area (Å²) in [4.78, 5) is 2.27. The minimum Gasteiger partial charge on any atom is -0.496 e. The lowest BCUT2D eigenvalue weighted by molar-refractivity contribution is 0.154. The topological polar surface area (TPSA) is 47.7 Å². The van der Waals surface area contributed by atoms with Gasteiger partial charge in [-0.2, -0.15) is 0 Å². The second kappa shape index (κ2) is 8.02. The Balaban J connectivity index is 3.01. The molecule has 0 radical (unpaired) electrons. The van der Waals surface area contributed by atoms with E-state index in [0.29, 0.717) is 0 Å². The van der Waals surface area contributed by atoms with Gasteiger partial charge in [0.15, 0.2) is 0 Å². The van der Waals surface area contributed by atoms with Crippen molar-refractivity contribution in [2.24, 2.45) is 5.73 Å². The van der Waals surface area contributed by atoms with Crippen molar-refractivity contribution in [3.63, 3.8) is 0 Å². The van der Waals surface area contributed by atoms with Crippen LogP contribution in [-0.4, -0.2) is 33.4 Å². The van der Waals surface area contributed by atoms with Crippen LogP contribution in [0.4, 0.5) is 5.69 Å². The molecule has 4 nitrogen and oxygen atoms in total. The number of anilines is 1. The fraction of sp³-hybridized carbons (Fsp3) is 0.600. The van der Waals surface area contributed by atoms with Crippen molar-refractivity contribution in [2.75, 3.05) is 38.3 Å². The Labute approximate surface area is 116 Å². The first-order valence-electron chi connectivity index (χ1n) is 6.90. The second-order valence-corrected chi connectivity index (χ2v) is 4.46. The molecule has 0 aliphatic carbocycles. The summed E-state index contributed by atoms with van der Waals surface area (Å²) >= 11 is 0. The molecule has 1 rings (SSSR count). The Morgan fingerprint density at radius 3 is 2.58 bits per heavy atom. The van der Waals surface area contributed by atoms with Crippen molar-refractivity contribution in [3.05, 3.63) is 23.8 Å². The molecule has 0 bridgehead atoms. The van der Waals surface area contributed by atoms with Crippen LogP contribution in [0.2, 0.25) is 0 Å². The van der Waals surface area contributed by atoms with E-state index in [4.69, 9.17) is 15.2 Å². The third-order valence-corrected chi connectivity index (χ3v) is 3.15. The van der Waals surface area contributed by atoms with E-state index in [9.17, 15) is 0 Å². The van der Waals surface area contributed by atoms with Crippen LogP contribution in [0.25, 0.3) is 0 Å². The lowest BCUT2D eigenvalue weighted by Crippen LogP contribution is -2.29. The van der Waals surface area contributed by atoms with E-state index < -0.39 is 0 Å². The van der Waals surface area contributed by atoms with Gasteiger partial charge in [-0.05, 0) is 32.9 Å². The summed E-state index contributed by atoms with van der Waals surface area (Å²) in [6.07, 6.45) is 0. The van der Waals surface area contributed by atoms with Crippen molar-refractivity contribution < 1.29 is 9.47 Å². The summed E-state index contributed by atoms with van der Waals surface area (Å²) in [5, 5.41) is 0. The SMILES string of the molecule is CCOCCN(CC)c1cccc(OC)c1[C@@H](C)N. The highest BCUT2D eigenvalue weighted by Crippen LogP contribution is 2.33. The highest BCUT2D eigenvalue weighted by Gasteiger charge is 2.16. The van der Waals surface area contributed by atoms with Crippen molar-refractivity contribution in [3.8, 4) is 5.75 Å². The van der Waals surface area contributed by atoms with Gasteiger partial charge in [-0.15, -0.1) is 0 Å². The molecule has 0 saturated heterocycles. The van der Waals surface area contributed by atoms with Crippen LogP contribution in [0.5, 0.6) is 5.75 Å². The predicted octanol–water partition coefficient (Wildman–Crippen LogP) is 2.58. The van der Waals surface area contributed by atoms with Gasteiger partial charge in [0, 0.05) is 37.0 Å². The van der Waals surface area contributed by atoms with Gasteiger partial charge in [0.25, 0.3) is 0 Å². The fourth-order valence-electron chi connectivity index (χ4n) is 2.21. The maximum Gasteiger partial charge on any atom is 0.125 e. The maximum absolute atomic E-state index is 6.10. The molecule has 1 aromatic rings. The normalized spacial score (nSPS) is 12.3. The van der Waals surface area contributed by atoms with Gasteiger partial charge in [0.05, 0.1) is 13.7 Å². The Hall–Kier alpha value is -1.26. The Kier molecular flexibility index (Phi) is 6.67. The highest BCUT2D eigenvalue weighted by molar-refractivity contribution is 5.60. The minimum absolute atomic E-state index is 0.0627. The van der Waals surface area contributed by atoms with Crippen molar-refractivity contribution in [1.82, 2.24) is 0 Å². The first-order valence-corrected chi connectivity index (χ1v) is 6.90. The van der Waals surface area contributed by atoms with Crippen LogP contribution in [0.1, 0.15) is 32.4 Å². The van der Waals surface area contributed by atoms with Crippen LogP contribution in [-0.2, 0) is 4.74 Å². The summed E-state index contributed by atoms with van der Waals surface area (Å²) < 4.78 is 10.9. The molecule has 4 heteroatoms. The zero-order chi connectivity index (χ0) is 14.3. The van der Waals surface area contributed by atoms with Crippen molar-refractivity contribution in [2.45, 2.75) is 26.8 Å². The molecule has 1 atom stereocenters. The highest BCUT2D eigenvalue weighted by atomic mass is 16.5. The second-order valence-electron chi connectivity index (χ2n) is 4.46. The summed E-state index contributed by atoms with van der Waals surface area (Å²) in [5.74, 6) is 0.849. The van der Waals surface area contributed by atoms with Crippen molar-refractivity contribution >= 4 is 5.69 Å². The monoisotopic (exact) mass is 266 g/mol. The van der Waals surface area contributed by atoms with E-state index in [2.05, 4.69) is 17.9 Å². The molecule has 0 saturated carbocycles. The lowest BCUT2D eigenvalue weighted by Gasteiger charge is -2.28. The van der Waals surface area contributed by atoms with Gasteiger partial charge >= 0.3 is 0 Å². The van der Waals surface area contributed by atoms with Crippen molar-refractivity contribution in [1.29, 1.82) is 0 Å². The molecule has 0 aliphatic rings. The number of nitrogens with two attached hydrogens (primary N) is 1. The van der Waals surface area contributed by atoms with Gasteiger partial charge < -0.3 is 20.1 Å². The molecule has 0 unspecified atom stereocenters. The quantitative estimate of drug-likeness (QED) is 0.735. The number of benzene rings is 1. The number of rotatable bonds is 8. The number of likely N-dealkylation sites (N-methyl/N-ethyl adjacent to an activating group) is 1. The standard InChI is InChI=1S/C15H26N2O2/c1-5-17(10-11-19-6-2)13-8-7-9-14(18-4)15(13)12(3)16/h7-9,12H,5-6,10-11,16H2,1-4H3/t12-/m1/s1. The number of ether oxygens (including phenoxy) is 2. The molecule has 0 heterocycles. The molecule has 0 fully saturated rings. The van der Waals surface area contributed by atoms with Crippen LogP contribution < -0.4 is 15.4 Å². The first-order chi connectivity index (χ1) is 9.15. The van der Waals surface area contributed by atoms with Gasteiger partial charge in [-0.25, -0.2) is 0 Å². The van der Waals surface area contributed by atoms with E-state index in [1.54, 1.807) is 7.11 Å². The maximum atomic E-state index is 6.10. The fourth-order valence-corrected chi connectivity index (χ4v) is 2.21. The average Bonchev–Trinajstić information content (AvgIpc) is 2.42. The molecule has 2 N–H and O–H groups in total. The molecule has 19 heavy (non-hydrogen) atoms. The Morgan fingerprint density at radius 2 is 2.05 bits per heavy atom. The first kappa shape index (κ1) is 15.8. The minimum atomic E-state index is -0.0627. The summed E-state index contributed by atoms with van der Waals surface area (Å²) in [6, 6.07) is 5.99. The molecule has 1 aromatic carbocycles. The third kappa shape index (κ3) is 4.11. The smallest absolute Gasteiger partial charge is 0.125 e. The van der Waals surface area contributed by atoms with Crippen LogP contribution in [0.3, 0.4) is 0 Å². The number of hydrogen-bond acceptors (Lipinski definition) is 4. The van der Waals surface area contributed by atoms with E-state index in [-0.39, 0.29) is 6.04 Å². The molecular weight excluding hydrogens is 240 g/mol. The molecule has 0 aliphatic heterocycles. The van der Waals surface area contributed by atoms with Gasteiger partial charge in [-0.1, -0.05) is 6.07 Å². The Bertz CT molecular complexity index is 380. The number of methoxy groups -OCH3 is 1. The molecule has 108 valence electrons. The van der Waals surface area contributed by atoms with Gasteiger partial charge in [0.1, 0.15) is 5.75 Å². The Morgan fingerprint density at radius 1 is 1.32 bits per heavy atom. The summed E-state index contributed by atoms with van der Waals surface area (Å²) in [7, 11) is 1.68. The van der Waals surface area contributed by atoms with E-state index in [1.165, 1.54) is 0 Å². The molecular formula is C15H26N2O2. The van der Waals surface area contributed by atoms with Crippen LogP contribution in [0.15, 0.2) is 18.2 Å². The van der Waals surface area contributed by atoms with Crippen LogP contribution in [0, 0.1) is 0 Å². The predicted molar refractivity (Wildman–Crippen MR) is 80.0 cm³/mol. The lowest BCUT2D eigenvalue weighted by atomic mass is 10.0. The van der Waals surface area contributed by atoms with Crippen LogP contribution >= 0.6 is 0 Å². The van der Waals surface area contributed by atoms with E-state index in [0.717, 1.165) is 43.3 Å². The zero-order valence-corrected chi connectivity index (χ0v) is 12.5.